The number of hydrogen-bond donors (Lipinski definition) is 2. The first-order chi connectivity index (χ1) is 3.68. The Morgan fingerprint density at radius 2 is 2.25 bits per heavy atom. The Bertz CT molecular complexity index is 78.6. The molecule has 0 radical (unpaired) electrons. The molecular formula is C6H14N2. The van der Waals surface area contributed by atoms with Crippen molar-refractivity contribution in [2.75, 3.05) is 0 Å². The maximum Gasteiger partial charge on any atom is 0.0934 e. The van der Waals surface area contributed by atoms with E-state index in [9.17, 15) is 0 Å². The first kappa shape index (κ1) is 7.47. The zero-order valence-electron chi connectivity index (χ0n) is 5.57. The normalized spacial score (nSPS) is 13.2. The molecule has 0 saturated carbocycles. The van der Waals surface area contributed by atoms with Crippen molar-refractivity contribution in [2.45, 2.75) is 26.7 Å². The van der Waals surface area contributed by atoms with Gasteiger partial charge in [-0.25, -0.2) is 0 Å². The molecule has 0 saturated heterocycles. The molecule has 8 heavy (non-hydrogen) atoms. The third kappa shape index (κ3) is 2.61. The van der Waals surface area contributed by atoms with Crippen LogP contribution in [0.2, 0.25) is 0 Å². The molecule has 2 nitrogen and oxygen atoms in total. The minimum Gasteiger partial charge on any atom is -0.387 e. The van der Waals surface area contributed by atoms with Crippen LogP contribution in [0.4, 0.5) is 0 Å². The summed E-state index contributed by atoms with van der Waals surface area (Å²) in [6, 6.07) is 0. The van der Waals surface area contributed by atoms with Crippen molar-refractivity contribution in [2.24, 2.45) is 11.7 Å². The molecule has 0 aromatic heterocycles. The molecule has 0 spiro atoms. The SMILES string of the molecule is CCC[C@H](C)C(=N)N. The van der Waals surface area contributed by atoms with E-state index in [-0.39, 0.29) is 5.92 Å². The number of nitrogens with two attached hydrogens (primary N) is 1. The van der Waals surface area contributed by atoms with E-state index < -0.39 is 0 Å². The van der Waals surface area contributed by atoms with Gasteiger partial charge >= 0.3 is 0 Å². The molecule has 0 aliphatic heterocycles. The Hall–Kier alpha value is -0.530. The predicted molar refractivity (Wildman–Crippen MR) is 36.0 cm³/mol. The number of amidine groups is 1. The van der Waals surface area contributed by atoms with Gasteiger partial charge in [-0.05, 0) is 6.42 Å². The second-order valence-electron chi connectivity index (χ2n) is 2.15. The molecule has 0 aliphatic carbocycles. The molecule has 0 rings (SSSR count). The molecule has 0 unspecified atom stereocenters. The van der Waals surface area contributed by atoms with Crippen LogP contribution < -0.4 is 5.73 Å². The van der Waals surface area contributed by atoms with E-state index in [0.29, 0.717) is 5.84 Å². The summed E-state index contributed by atoms with van der Waals surface area (Å²) in [7, 11) is 0. The van der Waals surface area contributed by atoms with Crippen LogP contribution >= 0.6 is 0 Å². The van der Waals surface area contributed by atoms with Gasteiger partial charge in [0.1, 0.15) is 0 Å². The first-order valence-corrected chi connectivity index (χ1v) is 3.02. The molecule has 0 aliphatic rings. The molecule has 0 aromatic rings. The number of nitrogens with one attached hydrogen (secondary N) is 1. The third-order valence-electron chi connectivity index (χ3n) is 1.25. The lowest BCUT2D eigenvalue weighted by Crippen LogP contribution is -2.19. The standard InChI is InChI=1S/C6H14N2/c1-3-4-5(2)6(7)8/h5H,3-4H2,1-2H3,(H3,7,8)/t5-/m0/s1. The van der Waals surface area contributed by atoms with Gasteiger partial charge < -0.3 is 5.73 Å². The topological polar surface area (TPSA) is 49.9 Å². The average Bonchev–Trinajstić information content (AvgIpc) is 1.67. The molecular weight excluding hydrogens is 100 g/mol. The van der Waals surface area contributed by atoms with Crippen LogP contribution in [0.15, 0.2) is 0 Å². The smallest absolute Gasteiger partial charge is 0.0934 e. The van der Waals surface area contributed by atoms with Crippen molar-refractivity contribution in [1.29, 1.82) is 5.41 Å². The Morgan fingerprint density at radius 3 is 2.38 bits per heavy atom. The van der Waals surface area contributed by atoms with Gasteiger partial charge in [0, 0.05) is 5.92 Å². The van der Waals surface area contributed by atoms with Crippen LogP contribution in [0.1, 0.15) is 26.7 Å². The fourth-order valence-corrected chi connectivity index (χ4v) is 0.589. The highest BCUT2D eigenvalue weighted by Crippen LogP contribution is 2.02. The summed E-state index contributed by atoms with van der Waals surface area (Å²) < 4.78 is 0. The summed E-state index contributed by atoms with van der Waals surface area (Å²) >= 11 is 0. The second kappa shape index (κ2) is 3.47. The van der Waals surface area contributed by atoms with Crippen LogP contribution in [-0.2, 0) is 0 Å². The summed E-state index contributed by atoms with van der Waals surface area (Å²) in [5.74, 6) is 0.590. The fraction of sp³-hybridized carbons (Fsp3) is 0.833. The Balaban J connectivity index is 3.32. The number of rotatable bonds is 3. The van der Waals surface area contributed by atoms with Crippen molar-refractivity contribution in [3.05, 3.63) is 0 Å². The minimum atomic E-state index is 0.278. The van der Waals surface area contributed by atoms with Gasteiger partial charge in [0.15, 0.2) is 0 Å². The molecule has 0 bridgehead atoms. The van der Waals surface area contributed by atoms with E-state index in [0.717, 1.165) is 12.8 Å². The van der Waals surface area contributed by atoms with Crippen LogP contribution in [0.3, 0.4) is 0 Å². The lowest BCUT2D eigenvalue weighted by molar-refractivity contribution is 0.659. The van der Waals surface area contributed by atoms with Gasteiger partial charge in [-0.3, -0.25) is 5.41 Å². The zero-order valence-corrected chi connectivity index (χ0v) is 5.57. The van der Waals surface area contributed by atoms with Gasteiger partial charge in [-0.1, -0.05) is 20.3 Å². The van der Waals surface area contributed by atoms with E-state index in [1.165, 1.54) is 0 Å². The van der Waals surface area contributed by atoms with Crippen LogP contribution in [-0.4, -0.2) is 5.84 Å². The van der Waals surface area contributed by atoms with Crippen LogP contribution in [0.5, 0.6) is 0 Å². The highest BCUT2D eigenvalue weighted by atomic mass is 14.7. The lowest BCUT2D eigenvalue weighted by atomic mass is 10.1. The summed E-state index contributed by atoms with van der Waals surface area (Å²) in [4.78, 5) is 0. The van der Waals surface area contributed by atoms with E-state index in [1.807, 2.05) is 6.92 Å². The van der Waals surface area contributed by atoms with E-state index in [1.54, 1.807) is 0 Å². The molecule has 3 N–H and O–H groups in total. The lowest BCUT2D eigenvalue weighted by Gasteiger charge is -2.04. The number of hydrogen-bond acceptors (Lipinski definition) is 1. The maximum absolute atomic E-state index is 6.98. The summed E-state index contributed by atoms with van der Waals surface area (Å²) in [5, 5.41) is 6.98. The van der Waals surface area contributed by atoms with Crippen LogP contribution in [0, 0.1) is 11.3 Å². The Morgan fingerprint density at radius 1 is 1.75 bits per heavy atom. The van der Waals surface area contributed by atoms with Crippen molar-refractivity contribution < 1.29 is 0 Å². The molecule has 0 fully saturated rings. The zero-order chi connectivity index (χ0) is 6.57. The summed E-state index contributed by atoms with van der Waals surface area (Å²) in [6.45, 7) is 4.07. The molecule has 0 amide bonds. The average molecular weight is 114 g/mol. The first-order valence-electron chi connectivity index (χ1n) is 3.02. The minimum absolute atomic E-state index is 0.278. The molecule has 48 valence electrons. The molecule has 0 heterocycles. The Kier molecular flexibility index (Phi) is 3.24. The quantitative estimate of drug-likeness (QED) is 0.422. The summed E-state index contributed by atoms with van der Waals surface area (Å²) in [5.41, 5.74) is 5.21. The Labute approximate surface area is 50.6 Å². The van der Waals surface area contributed by atoms with Gasteiger partial charge in [-0.2, -0.15) is 0 Å². The van der Waals surface area contributed by atoms with E-state index in [4.69, 9.17) is 11.1 Å². The van der Waals surface area contributed by atoms with Crippen molar-refractivity contribution >= 4 is 5.84 Å². The van der Waals surface area contributed by atoms with Crippen molar-refractivity contribution in [3.8, 4) is 0 Å². The second-order valence-corrected chi connectivity index (χ2v) is 2.15. The molecule has 1 atom stereocenters. The van der Waals surface area contributed by atoms with Gasteiger partial charge in [0.05, 0.1) is 5.84 Å². The van der Waals surface area contributed by atoms with E-state index in [2.05, 4.69) is 6.92 Å². The highest BCUT2D eigenvalue weighted by molar-refractivity contribution is 5.79. The fourth-order valence-electron chi connectivity index (χ4n) is 0.589. The van der Waals surface area contributed by atoms with Crippen molar-refractivity contribution in [1.82, 2.24) is 0 Å². The van der Waals surface area contributed by atoms with Gasteiger partial charge in [0.25, 0.3) is 0 Å². The predicted octanol–water partition coefficient (Wildman–Crippen LogP) is 1.36. The monoisotopic (exact) mass is 114 g/mol. The van der Waals surface area contributed by atoms with Crippen LogP contribution in [0.25, 0.3) is 0 Å². The van der Waals surface area contributed by atoms with Gasteiger partial charge in [0.2, 0.25) is 0 Å². The third-order valence-corrected chi connectivity index (χ3v) is 1.25. The highest BCUT2D eigenvalue weighted by Gasteiger charge is 2.00. The van der Waals surface area contributed by atoms with Crippen molar-refractivity contribution in [3.63, 3.8) is 0 Å². The summed E-state index contributed by atoms with van der Waals surface area (Å²) in [6.07, 6.45) is 2.15. The van der Waals surface area contributed by atoms with E-state index >= 15 is 0 Å². The largest absolute Gasteiger partial charge is 0.387 e. The molecule has 0 aromatic carbocycles. The van der Waals surface area contributed by atoms with Gasteiger partial charge in [-0.15, -0.1) is 0 Å². The molecule has 2 heteroatoms. The maximum atomic E-state index is 6.98.